The van der Waals surface area contributed by atoms with Crippen LogP contribution in [-0.2, 0) is 11.3 Å². The van der Waals surface area contributed by atoms with Crippen LogP contribution in [0.4, 0.5) is 4.79 Å². The zero-order valence-electron chi connectivity index (χ0n) is 15.3. The molecule has 1 unspecified atom stereocenters. The third-order valence-corrected chi connectivity index (χ3v) is 5.16. The van der Waals surface area contributed by atoms with E-state index in [0.29, 0.717) is 0 Å². The molecule has 0 bridgehead atoms. The summed E-state index contributed by atoms with van der Waals surface area (Å²) >= 11 is 0. The highest BCUT2D eigenvalue weighted by atomic mass is 16.6. The first-order chi connectivity index (χ1) is 11.4. The van der Waals surface area contributed by atoms with Crippen LogP contribution in [0, 0.1) is 0 Å². The molecule has 1 amide bonds. The van der Waals surface area contributed by atoms with Crippen molar-refractivity contribution in [3.63, 3.8) is 0 Å². The van der Waals surface area contributed by atoms with E-state index in [1.54, 1.807) is 0 Å². The minimum absolute atomic E-state index is 0.130. The first kappa shape index (κ1) is 17.3. The van der Waals surface area contributed by atoms with Crippen molar-refractivity contribution in [3.8, 4) is 0 Å². The lowest BCUT2D eigenvalue weighted by Crippen LogP contribution is -2.57. The van der Waals surface area contributed by atoms with E-state index in [1.807, 2.05) is 25.7 Å². The van der Waals surface area contributed by atoms with Gasteiger partial charge in [-0.25, -0.2) is 4.79 Å². The average Bonchev–Trinajstić information content (AvgIpc) is 2.89. The van der Waals surface area contributed by atoms with Gasteiger partial charge in [-0.2, -0.15) is 0 Å². The molecular formula is C20H30N2O2. The minimum Gasteiger partial charge on any atom is -0.444 e. The molecule has 1 aromatic carbocycles. The standard InChI is InChI=1S/C20H30N2O2/c1-19(2,3)24-18(23)21-13-7-11-20(16-21)12-8-14-22(20)15-17-9-5-4-6-10-17/h4-6,9-10H,7-8,11-16H2,1-3H3. The molecule has 0 aliphatic carbocycles. The van der Waals surface area contributed by atoms with Crippen LogP contribution in [0.15, 0.2) is 30.3 Å². The number of rotatable bonds is 2. The number of piperidine rings is 1. The molecule has 1 aromatic rings. The van der Waals surface area contributed by atoms with Gasteiger partial charge in [0.1, 0.15) is 5.60 Å². The number of amides is 1. The van der Waals surface area contributed by atoms with E-state index in [-0.39, 0.29) is 11.6 Å². The lowest BCUT2D eigenvalue weighted by molar-refractivity contribution is -0.00651. The van der Waals surface area contributed by atoms with Crippen LogP contribution in [0.3, 0.4) is 0 Å². The molecule has 4 nitrogen and oxygen atoms in total. The fraction of sp³-hybridized carbons (Fsp3) is 0.650. The van der Waals surface area contributed by atoms with Crippen molar-refractivity contribution >= 4 is 6.09 Å². The Bertz CT molecular complexity index is 567. The van der Waals surface area contributed by atoms with Gasteiger partial charge in [-0.15, -0.1) is 0 Å². The van der Waals surface area contributed by atoms with E-state index in [4.69, 9.17) is 4.74 Å². The summed E-state index contributed by atoms with van der Waals surface area (Å²) in [7, 11) is 0. The van der Waals surface area contributed by atoms with Gasteiger partial charge in [0, 0.05) is 25.2 Å². The number of benzene rings is 1. The molecule has 24 heavy (non-hydrogen) atoms. The molecule has 132 valence electrons. The van der Waals surface area contributed by atoms with Gasteiger partial charge in [-0.3, -0.25) is 4.90 Å². The van der Waals surface area contributed by atoms with Gasteiger partial charge in [0.15, 0.2) is 0 Å². The smallest absolute Gasteiger partial charge is 0.410 e. The van der Waals surface area contributed by atoms with Crippen molar-refractivity contribution in [1.29, 1.82) is 0 Å². The van der Waals surface area contributed by atoms with Gasteiger partial charge in [0.25, 0.3) is 0 Å². The zero-order valence-corrected chi connectivity index (χ0v) is 15.3. The third kappa shape index (κ3) is 3.92. The van der Waals surface area contributed by atoms with Crippen molar-refractivity contribution in [2.45, 2.75) is 64.1 Å². The summed E-state index contributed by atoms with van der Waals surface area (Å²) in [6.07, 6.45) is 4.48. The predicted molar refractivity (Wildman–Crippen MR) is 95.9 cm³/mol. The summed E-state index contributed by atoms with van der Waals surface area (Å²) in [4.78, 5) is 17.0. The van der Waals surface area contributed by atoms with Crippen LogP contribution < -0.4 is 0 Å². The molecule has 2 saturated heterocycles. The molecule has 1 atom stereocenters. The number of ether oxygens (including phenoxy) is 1. The molecule has 0 aromatic heterocycles. The van der Waals surface area contributed by atoms with Gasteiger partial charge in [-0.1, -0.05) is 30.3 Å². The Morgan fingerprint density at radius 2 is 1.79 bits per heavy atom. The Labute approximate surface area is 145 Å². The maximum atomic E-state index is 12.5. The van der Waals surface area contributed by atoms with Crippen molar-refractivity contribution in [2.75, 3.05) is 19.6 Å². The Balaban J connectivity index is 1.70. The number of carbonyl (C=O) groups is 1. The molecule has 1 spiro atoms. The van der Waals surface area contributed by atoms with E-state index in [9.17, 15) is 4.79 Å². The zero-order chi connectivity index (χ0) is 17.2. The molecule has 2 heterocycles. The lowest BCUT2D eigenvalue weighted by Gasteiger charge is -2.46. The van der Waals surface area contributed by atoms with Gasteiger partial charge < -0.3 is 9.64 Å². The average molecular weight is 330 g/mol. The predicted octanol–water partition coefficient (Wildman–Crippen LogP) is 4.05. The van der Waals surface area contributed by atoms with Crippen molar-refractivity contribution < 1.29 is 9.53 Å². The first-order valence-electron chi connectivity index (χ1n) is 9.15. The fourth-order valence-corrected chi connectivity index (χ4v) is 4.10. The summed E-state index contributed by atoms with van der Waals surface area (Å²) in [6.45, 7) is 9.51. The molecule has 0 saturated carbocycles. The molecule has 3 rings (SSSR count). The Morgan fingerprint density at radius 1 is 1.12 bits per heavy atom. The fourth-order valence-electron chi connectivity index (χ4n) is 4.10. The highest BCUT2D eigenvalue weighted by Gasteiger charge is 2.45. The second kappa shape index (κ2) is 6.75. The van der Waals surface area contributed by atoms with Crippen LogP contribution >= 0.6 is 0 Å². The van der Waals surface area contributed by atoms with Crippen LogP contribution in [-0.4, -0.2) is 46.7 Å². The molecule has 0 radical (unpaired) electrons. The van der Waals surface area contributed by atoms with Crippen LogP contribution in [0.2, 0.25) is 0 Å². The van der Waals surface area contributed by atoms with E-state index in [0.717, 1.165) is 32.6 Å². The van der Waals surface area contributed by atoms with Crippen molar-refractivity contribution in [3.05, 3.63) is 35.9 Å². The Morgan fingerprint density at radius 3 is 2.46 bits per heavy atom. The summed E-state index contributed by atoms with van der Waals surface area (Å²) in [5.74, 6) is 0. The number of likely N-dealkylation sites (tertiary alicyclic amines) is 2. The second-order valence-electron chi connectivity index (χ2n) is 8.24. The molecule has 2 aliphatic rings. The monoisotopic (exact) mass is 330 g/mol. The Hall–Kier alpha value is -1.55. The van der Waals surface area contributed by atoms with Gasteiger partial charge in [0.2, 0.25) is 0 Å². The molecule has 2 fully saturated rings. The summed E-state index contributed by atoms with van der Waals surface area (Å²) in [5.41, 5.74) is 1.06. The summed E-state index contributed by atoms with van der Waals surface area (Å²) in [6, 6.07) is 10.7. The van der Waals surface area contributed by atoms with Gasteiger partial charge >= 0.3 is 6.09 Å². The highest BCUT2D eigenvalue weighted by molar-refractivity contribution is 5.68. The topological polar surface area (TPSA) is 32.8 Å². The molecular weight excluding hydrogens is 300 g/mol. The van der Waals surface area contributed by atoms with Crippen LogP contribution in [0.5, 0.6) is 0 Å². The maximum Gasteiger partial charge on any atom is 0.410 e. The molecule has 2 aliphatic heterocycles. The number of hydrogen-bond donors (Lipinski definition) is 0. The SMILES string of the molecule is CC(C)(C)OC(=O)N1CCCC2(CCCN2Cc2ccccc2)C1. The maximum absolute atomic E-state index is 12.5. The number of nitrogens with zero attached hydrogens (tertiary/aromatic N) is 2. The van der Waals surface area contributed by atoms with Crippen molar-refractivity contribution in [2.24, 2.45) is 0 Å². The summed E-state index contributed by atoms with van der Waals surface area (Å²) < 4.78 is 5.60. The van der Waals surface area contributed by atoms with Crippen molar-refractivity contribution in [1.82, 2.24) is 9.80 Å². The molecule has 0 N–H and O–H groups in total. The Kier molecular flexibility index (Phi) is 4.86. The molecule has 4 heteroatoms. The summed E-state index contributed by atoms with van der Waals surface area (Å²) in [5, 5.41) is 0. The minimum atomic E-state index is -0.429. The largest absolute Gasteiger partial charge is 0.444 e. The third-order valence-electron chi connectivity index (χ3n) is 5.16. The normalized spacial score (nSPS) is 25.2. The number of hydrogen-bond acceptors (Lipinski definition) is 3. The highest BCUT2D eigenvalue weighted by Crippen LogP contribution is 2.38. The van der Waals surface area contributed by atoms with Gasteiger partial charge in [0.05, 0.1) is 0 Å². The quantitative estimate of drug-likeness (QED) is 0.820. The lowest BCUT2D eigenvalue weighted by atomic mass is 9.86. The van der Waals surface area contributed by atoms with Crippen LogP contribution in [0.1, 0.15) is 52.0 Å². The van der Waals surface area contributed by atoms with E-state index < -0.39 is 5.60 Å². The van der Waals surface area contributed by atoms with E-state index in [1.165, 1.54) is 24.8 Å². The number of carbonyl (C=O) groups excluding carboxylic acids is 1. The first-order valence-corrected chi connectivity index (χ1v) is 9.15. The van der Waals surface area contributed by atoms with E-state index in [2.05, 4.69) is 35.2 Å². The van der Waals surface area contributed by atoms with Gasteiger partial charge in [-0.05, 0) is 58.6 Å². The van der Waals surface area contributed by atoms with Crippen LogP contribution in [0.25, 0.3) is 0 Å². The van der Waals surface area contributed by atoms with E-state index >= 15 is 0 Å². The second-order valence-corrected chi connectivity index (χ2v) is 8.24.